The summed E-state index contributed by atoms with van der Waals surface area (Å²) in [5, 5.41) is 8.44. The monoisotopic (exact) mass is 284 g/mol. The SMILES string of the molecule is Cl.NN(F)c1cc(C(=O)O)ccc1Br. The summed E-state index contributed by atoms with van der Waals surface area (Å²) >= 11 is 3.03. The molecule has 1 aromatic carbocycles. The van der Waals surface area contributed by atoms with E-state index in [4.69, 9.17) is 10.9 Å². The molecule has 78 valence electrons. The average Bonchev–Trinajstić information content (AvgIpc) is 2.04. The van der Waals surface area contributed by atoms with Crippen LogP contribution in [-0.4, -0.2) is 11.1 Å². The fraction of sp³-hybridized carbons (Fsp3) is 0. The van der Waals surface area contributed by atoms with Crippen LogP contribution in [0.5, 0.6) is 0 Å². The van der Waals surface area contributed by atoms with E-state index in [-0.39, 0.29) is 28.9 Å². The Bertz CT molecular complexity index is 348. The molecule has 7 heteroatoms. The van der Waals surface area contributed by atoms with Crippen LogP contribution in [0.15, 0.2) is 22.7 Å². The third-order valence-corrected chi connectivity index (χ3v) is 2.09. The van der Waals surface area contributed by atoms with Crippen molar-refractivity contribution in [1.29, 1.82) is 0 Å². The number of nitrogens with two attached hydrogens (primary N) is 1. The predicted octanol–water partition coefficient (Wildman–Crippen LogP) is 2.13. The third kappa shape index (κ3) is 2.83. The summed E-state index contributed by atoms with van der Waals surface area (Å²) in [6, 6.07) is 3.89. The van der Waals surface area contributed by atoms with E-state index < -0.39 is 5.97 Å². The van der Waals surface area contributed by atoms with Gasteiger partial charge in [-0.25, -0.2) is 10.6 Å². The van der Waals surface area contributed by atoms with Crippen molar-refractivity contribution in [1.82, 2.24) is 0 Å². The molecule has 0 fully saturated rings. The molecule has 1 aromatic rings. The molecule has 4 nitrogen and oxygen atoms in total. The van der Waals surface area contributed by atoms with Crippen LogP contribution in [0.2, 0.25) is 0 Å². The number of hydrogen-bond acceptors (Lipinski definition) is 3. The zero-order valence-electron chi connectivity index (χ0n) is 6.78. The number of aromatic carboxylic acids is 1. The number of anilines is 1. The fourth-order valence-corrected chi connectivity index (χ4v) is 1.23. The lowest BCUT2D eigenvalue weighted by atomic mass is 10.2. The molecule has 0 aliphatic heterocycles. The van der Waals surface area contributed by atoms with E-state index in [0.717, 1.165) is 6.07 Å². The van der Waals surface area contributed by atoms with E-state index in [0.29, 0.717) is 4.47 Å². The number of nitrogens with zero attached hydrogens (tertiary/aromatic N) is 1. The second-order valence-corrected chi connectivity index (χ2v) is 3.14. The summed E-state index contributed by atoms with van der Waals surface area (Å²) in [6.07, 6.45) is 0. The van der Waals surface area contributed by atoms with E-state index in [9.17, 15) is 9.28 Å². The van der Waals surface area contributed by atoms with Crippen LogP contribution in [0.3, 0.4) is 0 Å². The molecule has 3 N–H and O–H groups in total. The molecule has 0 aliphatic rings. The summed E-state index contributed by atoms with van der Waals surface area (Å²) in [7, 11) is 0. The molecular formula is C7H7BrClFN2O2. The number of halogens is 3. The molecule has 0 saturated carbocycles. The van der Waals surface area contributed by atoms with Gasteiger partial charge in [0, 0.05) is 4.47 Å². The van der Waals surface area contributed by atoms with Crippen LogP contribution in [0, 0.1) is 0 Å². The fourth-order valence-electron chi connectivity index (χ4n) is 0.809. The number of hydrazine groups is 1. The average molecular weight is 286 g/mol. The standard InChI is InChI=1S/C7H6BrFN2O2.ClH/c8-5-2-1-4(7(12)13)3-6(5)11(9)10;/h1-3H,10H2,(H,12,13);1H. The van der Waals surface area contributed by atoms with Crippen LogP contribution < -0.4 is 11.1 Å². The van der Waals surface area contributed by atoms with Gasteiger partial charge >= 0.3 is 5.97 Å². The zero-order valence-corrected chi connectivity index (χ0v) is 9.18. The molecule has 14 heavy (non-hydrogen) atoms. The number of carboxylic acid groups (broad SMARTS) is 1. The molecule has 0 spiro atoms. The second-order valence-electron chi connectivity index (χ2n) is 2.28. The lowest BCUT2D eigenvalue weighted by Gasteiger charge is -2.09. The Kier molecular flexibility index (Phi) is 4.82. The van der Waals surface area contributed by atoms with Gasteiger partial charge in [0.25, 0.3) is 0 Å². The number of carboxylic acids is 1. The molecule has 0 saturated heterocycles. The topological polar surface area (TPSA) is 66.6 Å². The minimum atomic E-state index is -1.13. The molecule has 0 radical (unpaired) electrons. The maximum atomic E-state index is 12.5. The normalized spacial score (nSPS) is 9.07. The molecule has 0 atom stereocenters. The van der Waals surface area contributed by atoms with Crippen LogP contribution >= 0.6 is 28.3 Å². The van der Waals surface area contributed by atoms with Crippen molar-refractivity contribution >= 4 is 40.0 Å². The van der Waals surface area contributed by atoms with Crippen molar-refractivity contribution in [3.63, 3.8) is 0 Å². The van der Waals surface area contributed by atoms with Crippen molar-refractivity contribution in [2.24, 2.45) is 5.84 Å². The van der Waals surface area contributed by atoms with Crippen molar-refractivity contribution in [2.45, 2.75) is 0 Å². The first-order valence-corrected chi connectivity index (χ1v) is 4.05. The first-order chi connectivity index (χ1) is 6.02. The number of hydrogen-bond donors (Lipinski definition) is 2. The van der Waals surface area contributed by atoms with Crippen LogP contribution in [0.25, 0.3) is 0 Å². The molecule has 0 aliphatic carbocycles. The van der Waals surface area contributed by atoms with Gasteiger partial charge in [-0.2, -0.15) is 0 Å². The lowest BCUT2D eigenvalue weighted by Crippen LogP contribution is -2.20. The van der Waals surface area contributed by atoms with Gasteiger partial charge in [0.15, 0.2) is 0 Å². The second kappa shape index (κ2) is 5.14. The number of benzene rings is 1. The Hall–Kier alpha value is -0.850. The maximum Gasteiger partial charge on any atom is 0.335 e. The molecule has 0 bridgehead atoms. The Morgan fingerprint density at radius 2 is 2.14 bits per heavy atom. The van der Waals surface area contributed by atoms with Gasteiger partial charge in [-0.05, 0) is 34.1 Å². The van der Waals surface area contributed by atoms with Gasteiger partial charge in [-0.1, -0.05) is 4.48 Å². The van der Waals surface area contributed by atoms with E-state index in [1.807, 2.05) is 0 Å². The minimum Gasteiger partial charge on any atom is -0.478 e. The van der Waals surface area contributed by atoms with Crippen LogP contribution in [0.1, 0.15) is 10.4 Å². The molecule has 0 unspecified atom stereocenters. The zero-order chi connectivity index (χ0) is 10.0. The largest absolute Gasteiger partial charge is 0.478 e. The number of rotatable bonds is 2. The predicted molar refractivity (Wildman–Crippen MR) is 56.1 cm³/mol. The van der Waals surface area contributed by atoms with Crippen LogP contribution in [-0.2, 0) is 0 Å². The summed E-state index contributed by atoms with van der Waals surface area (Å²) in [5.41, 5.74) is -0.0498. The highest BCUT2D eigenvalue weighted by Crippen LogP contribution is 2.25. The number of carbonyl (C=O) groups is 1. The lowest BCUT2D eigenvalue weighted by molar-refractivity contribution is 0.0697. The maximum absolute atomic E-state index is 12.5. The highest BCUT2D eigenvalue weighted by molar-refractivity contribution is 9.10. The van der Waals surface area contributed by atoms with Crippen molar-refractivity contribution in [2.75, 3.05) is 5.23 Å². The molecule has 0 aromatic heterocycles. The highest BCUT2D eigenvalue weighted by Gasteiger charge is 2.10. The Morgan fingerprint density at radius 1 is 1.57 bits per heavy atom. The van der Waals surface area contributed by atoms with Crippen molar-refractivity contribution in [3.8, 4) is 0 Å². The molecule has 1 rings (SSSR count). The Morgan fingerprint density at radius 3 is 2.57 bits per heavy atom. The quantitative estimate of drug-likeness (QED) is 0.496. The molecular weight excluding hydrogens is 278 g/mol. The highest BCUT2D eigenvalue weighted by atomic mass is 79.9. The Labute approximate surface area is 93.9 Å². The van der Waals surface area contributed by atoms with E-state index in [1.54, 1.807) is 0 Å². The van der Waals surface area contributed by atoms with Crippen LogP contribution in [0.4, 0.5) is 10.2 Å². The van der Waals surface area contributed by atoms with Gasteiger partial charge in [0.2, 0.25) is 0 Å². The van der Waals surface area contributed by atoms with Gasteiger partial charge in [-0.15, -0.1) is 17.6 Å². The summed E-state index contributed by atoms with van der Waals surface area (Å²) in [6.45, 7) is 0. The summed E-state index contributed by atoms with van der Waals surface area (Å²) in [4.78, 5) is 10.5. The first kappa shape index (κ1) is 13.2. The van der Waals surface area contributed by atoms with Gasteiger partial charge in [0.05, 0.1) is 5.56 Å². The molecule has 0 heterocycles. The summed E-state index contributed by atoms with van der Waals surface area (Å²) < 4.78 is 12.9. The third-order valence-electron chi connectivity index (χ3n) is 1.42. The smallest absolute Gasteiger partial charge is 0.335 e. The van der Waals surface area contributed by atoms with Crippen molar-refractivity contribution in [3.05, 3.63) is 28.2 Å². The van der Waals surface area contributed by atoms with Crippen molar-refractivity contribution < 1.29 is 14.4 Å². The van der Waals surface area contributed by atoms with Gasteiger partial charge in [0.1, 0.15) is 5.69 Å². The first-order valence-electron chi connectivity index (χ1n) is 3.26. The van der Waals surface area contributed by atoms with E-state index in [2.05, 4.69) is 15.9 Å². The Balaban J connectivity index is 0.00000169. The van der Waals surface area contributed by atoms with Gasteiger partial charge < -0.3 is 5.11 Å². The summed E-state index contributed by atoms with van der Waals surface area (Å²) in [5.74, 6) is 3.70. The van der Waals surface area contributed by atoms with E-state index >= 15 is 0 Å². The molecule has 0 amide bonds. The van der Waals surface area contributed by atoms with E-state index in [1.165, 1.54) is 12.1 Å². The minimum absolute atomic E-state index is 0. The van der Waals surface area contributed by atoms with Gasteiger partial charge in [-0.3, -0.25) is 0 Å².